The minimum Gasteiger partial charge on any atom is -0.462 e. The van der Waals surface area contributed by atoms with E-state index < -0.39 is 18.2 Å². The summed E-state index contributed by atoms with van der Waals surface area (Å²) in [6, 6.07) is -0.696. The van der Waals surface area contributed by atoms with Gasteiger partial charge < -0.3 is 20.3 Å². The molecule has 6 heteroatoms. The van der Waals surface area contributed by atoms with Gasteiger partial charge in [-0.1, -0.05) is 258 Å². The SMILES string of the molecule is CCCCCC/C=C\CCCCCCCCCC(=O)OC(CCCCCCCCCCCCCCCCC)CC(=O)NC(CO)C(O)CCCCCCCCCCCCCCC. The molecule has 62 heavy (non-hydrogen) atoms. The lowest BCUT2D eigenvalue weighted by Gasteiger charge is -2.24. The minimum atomic E-state index is -0.782. The molecule has 0 heterocycles. The van der Waals surface area contributed by atoms with Gasteiger partial charge in [-0.2, -0.15) is 0 Å². The van der Waals surface area contributed by atoms with E-state index in [1.165, 1.54) is 218 Å². The zero-order chi connectivity index (χ0) is 45.2. The molecule has 0 fully saturated rings. The highest BCUT2D eigenvalue weighted by Crippen LogP contribution is 2.19. The topological polar surface area (TPSA) is 95.9 Å². The third-order valence-electron chi connectivity index (χ3n) is 13.1. The van der Waals surface area contributed by atoms with Gasteiger partial charge in [-0.05, 0) is 51.4 Å². The molecule has 1 amide bonds. The third-order valence-corrected chi connectivity index (χ3v) is 13.1. The van der Waals surface area contributed by atoms with Gasteiger partial charge in [0.1, 0.15) is 6.10 Å². The molecule has 0 saturated heterocycles. The van der Waals surface area contributed by atoms with Gasteiger partial charge in [0.25, 0.3) is 0 Å². The molecule has 0 aromatic rings. The molecule has 3 atom stereocenters. The number of aliphatic hydroxyl groups excluding tert-OH is 2. The Hall–Kier alpha value is -1.40. The molecule has 0 bridgehead atoms. The molecule has 368 valence electrons. The monoisotopic (exact) mass is 876 g/mol. The molecule has 0 aliphatic carbocycles. The van der Waals surface area contributed by atoms with Crippen molar-refractivity contribution < 1.29 is 24.5 Å². The third kappa shape index (κ3) is 45.2. The van der Waals surface area contributed by atoms with E-state index in [9.17, 15) is 19.8 Å². The lowest BCUT2D eigenvalue weighted by atomic mass is 10.0. The summed E-state index contributed by atoms with van der Waals surface area (Å²) < 4.78 is 5.96. The van der Waals surface area contributed by atoms with Gasteiger partial charge in [0, 0.05) is 6.42 Å². The zero-order valence-corrected chi connectivity index (χ0v) is 42.0. The van der Waals surface area contributed by atoms with Crippen LogP contribution in [0, 0.1) is 0 Å². The van der Waals surface area contributed by atoms with Crippen molar-refractivity contribution in [3.63, 3.8) is 0 Å². The van der Waals surface area contributed by atoms with Crippen molar-refractivity contribution in [2.45, 2.75) is 328 Å². The number of carbonyl (C=O) groups is 2. The Morgan fingerprint density at radius 2 is 0.774 bits per heavy atom. The van der Waals surface area contributed by atoms with Crippen molar-refractivity contribution in [1.29, 1.82) is 0 Å². The van der Waals surface area contributed by atoms with Crippen LogP contribution < -0.4 is 5.32 Å². The first-order valence-electron chi connectivity index (χ1n) is 27.9. The number of ether oxygens (including phenoxy) is 1. The predicted octanol–water partition coefficient (Wildman–Crippen LogP) is 16.9. The Bertz CT molecular complexity index is 939. The zero-order valence-electron chi connectivity index (χ0n) is 42.0. The van der Waals surface area contributed by atoms with Gasteiger partial charge in [0.2, 0.25) is 5.91 Å². The molecule has 0 aliphatic heterocycles. The van der Waals surface area contributed by atoms with E-state index in [0.29, 0.717) is 19.3 Å². The van der Waals surface area contributed by atoms with Crippen LogP contribution in [0.5, 0.6) is 0 Å². The molecule has 6 nitrogen and oxygen atoms in total. The number of allylic oxidation sites excluding steroid dienone is 2. The molecular weight excluding hydrogens is 767 g/mol. The maximum absolute atomic E-state index is 13.2. The highest BCUT2D eigenvalue weighted by atomic mass is 16.5. The largest absolute Gasteiger partial charge is 0.462 e. The Balaban J connectivity index is 4.53. The van der Waals surface area contributed by atoms with Gasteiger partial charge in [-0.15, -0.1) is 0 Å². The van der Waals surface area contributed by atoms with E-state index in [-0.39, 0.29) is 24.9 Å². The minimum absolute atomic E-state index is 0.0837. The second-order valence-corrected chi connectivity index (χ2v) is 19.3. The van der Waals surface area contributed by atoms with Gasteiger partial charge in [-0.25, -0.2) is 0 Å². The van der Waals surface area contributed by atoms with E-state index in [1.54, 1.807) is 0 Å². The fourth-order valence-electron chi connectivity index (χ4n) is 8.84. The lowest BCUT2D eigenvalue weighted by Crippen LogP contribution is -2.46. The molecule has 0 aliphatic rings. The van der Waals surface area contributed by atoms with E-state index in [0.717, 1.165) is 44.9 Å². The number of nitrogens with one attached hydrogen (secondary N) is 1. The average Bonchev–Trinajstić information content (AvgIpc) is 3.26. The van der Waals surface area contributed by atoms with Crippen LogP contribution in [0.25, 0.3) is 0 Å². The first kappa shape index (κ1) is 60.6. The summed E-state index contributed by atoms with van der Waals surface area (Å²) in [6.45, 7) is 6.51. The summed E-state index contributed by atoms with van der Waals surface area (Å²) in [5, 5.41) is 23.8. The van der Waals surface area contributed by atoms with Crippen molar-refractivity contribution in [3.05, 3.63) is 12.2 Å². The second-order valence-electron chi connectivity index (χ2n) is 19.3. The maximum atomic E-state index is 13.2. The standard InChI is InChI=1S/C56H109NO5/c1-4-7-10-13-16-19-22-25-27-30-32-35-38-41-44-47-52(62-56(61)49-46-43-40-37-34-31-28-26-23-20-17-14-11-8-5-2)50-55(60)57-53(51-58)54(59)48-45-42-39-36-33-29-24-21-18-15-12-9-6-3/h20,23,52-54,58-59H,4-19,21-22,24-51H2,1-3H3,(H,57,60)/b23-20-. The Labute approximate surface area is 387 Å². The lowest BCUT2D eigenvalue weighted by molar-refractivity contribution is -0.151. The summed E-state index contributed by atoms with van der Waals surface area (Å²) in [7, 11) is 0. The number of hydrogen-bond acceptors (Lipinski definition) is 5. The van der Waals surface area contributed by atoms with E-state index in [4.69, 9.17) is 4.74 Å². The van der Waals surface area contributed by atoms with Crippen LogP contribution in [-0.2, 0) is 14.3 Å². The first-order chi connectivity index (χ1) is 30.5. The first-order valence-corrected chi connectivity index (χ1v) is 27.9. The van der Waals surface area contributed by atoms with Crippen molar-refractivity contribution >= 4 is 11.9 Å². The number of rotatable bonds is 51. The smallest absolute Gasteiger partial charge is 0.306 e. The predicted molar refractivity (Wildman–Crippen MR) is 269 cm³/mol. The van der Waals surface area contributed by atoms with Gasteiger partial charge in [-0.3, -0.25) is 9.59 Å². The Morgan fingerprint density at radius 1 is 0.452 bits per heavy atom. The van der Waals surface area contributed by atoms with Crippen LogP contribution in [0.15, 0.2) is 12.2 Å². The molecule has 0 spiro atoms. The molecule has 3 unspecified atom stereocenters. The van der Waals surface area contributed by atoms with Crippen LogP contribution in [0.3, 0.4) is 0 Å². The molecule has 0 saturated carbocycles. The fourth-order valence-corrected chi connectivity index (χ4v) is 8.84. The summed E-state index contributed by atoms with van der Waals surface area (Å²) in [5.74, 6) is -0.457. The molecule has 0 aromatic carbocycles. The number of aliphatic hydroxyl groups is 2. The van der Waals surface area contributed by atoms with Crippen molar-refractivity contribution in [1.82, 2.24) is 5.32 Å². The van der Waals surface area contributed by atoms with Crippen molar-refractivity contribution in [2.75, 3.05) is 6.61 Å². The summed E-state index contributed by atoms with van der Waals surface area (Å²) in [5.41, 5.74) is 0. The summed E-state index contributed by atoms with van der Waals surface area (Å²) >= 11 is 0. The maximum Gasteiger partial charge on any atom is 0.306 e. The number of amides is 1. The van der Waals surface area contributed by atoms with Crippen LogP contribution in [0.1, 0.15) is 310 Å². The van der Waals surface area contributed by atoms with E-state index in [1.807, 2.05) is 0 Å². The molecule has 0 aromatic heterocycles. The number of hydrogen-bond donors (Lipinski definition) is 3. The molecule has 3 N–H and O–H groups in total. The van der Waals surface area contributed by atoms with Crippen LogP contribution >= 0.6 is 0 Å². The van der Waals surface area contributed by atoms with E-state index >= 15 is 0 Å². The summed E-state index contributed by atoms with van der Waals surface area (Å²) in [6.07, 6.45) is 57.0. The van der Waals surface area contributed by atoms with Crippen LogP contribution in [0.2, 0.25) is 0 Å². The van der Waals surface area contributed by atoms with E-state index in [2.05, 4.69) is 38.2 Å². The van der Waals surface area contributed by atoms with Crippen molar-refractivity contribution in [3.8, 4) is 0 Å². The number of carbonyl (C=O) groups excluding carboxylic acids is 2. The normalized spacial score (nSPS) is 13.2. The Morgan fingerprint density at radius 3 is 1.16 bits per heavy atom. The van der Waals surface area contributed by atoms with Gasteiger partial charge in [0.15, 0.2) is 0 Å². The highest BCUT2D eigenvalue weighted by molar-refractivity contribution is 5.77. The number of esters is 1. The quantitative estimate of drug-likeness (QED) is 0.0321. The van der Waals surface area contributed by atoms with Gasteiger partial charge in [0.05, 0.1) is 25.2 Å². The summed E-state index contributed by atoms with van der Waals surface area (Å²) in [4.78, 5) is 26.2. The van der Waals surface area contributed by atoms with Crippen LogP contribution in [-0.4, -0.2) is 46.9 Å². The van der Waals surface area contributed by atoms with Crippen LogP contribution in [0.4, 0.5) is 0 Å². The number of unbranched alkanes of at least 4 members (excludes halogenated alkanes) is 37. The van der Waals surface area contributed by atoms with Gasteiger partial charge >= 0.3 is 5.97 Å². The molecule has 0 radical (unpaired) electrons. The highest BCUT2D eigenvalue weighted by Gasteiger charge is 2.24. The Kier molecular flexibility index (Phi) is 49.5. The average molecular weight is 876 g/mol. The fraction of sp³-hybridized carbons (Fsp3) is 0.929. The second kappa shape index (κ2) is 50.6. The molecule has 0 rings (SSSR count). The van der Waals surface area contributed by atoms with Crippen molar-refractivity contribution in [2.24, 2.45) is 0 Å². The molecular formula is C56H109NO5.